The van der Waals surface area contributed by atoms with Crippen LogP contribution in [0.1, 0.15) is 53.2 Å². The van der Waals surface area contributed by atoms with E-state index in [0.717, 1.165) is 16.7 Å². The number of halogens is 1. The molecule has 3 heterocycles. The van der Waals surface area contributed by atoms with Crippen molar-refractivity contribution in [2.45, 2.75) is 39.0 Å². The van der Waals surface area contributed by atoms with Crippen molar-refractivity contribution in [2.75, 3.05) is 13.1 Å². The van der Waals surface area contributed by atoms with Gasteiger partial charge in [-0.25, -0.2) is 4.39 Å². The maximum absolute atomic E-state index is 14.2. The molecule has 1 atom stereocenters. The highest BCUT2D eigenvalue weighted by Gasteiger charge is 2.33. The number of rotatable bonds is 6. The molecule has 0 saturated carbocycles. The molecular weight excluding hydrogens is 485 g/mol. The average Bonchev–Trinajstić information content (AvgIpc) is 3.58. The topological polar surface area (TPSA) is 93.2 Å². The van der Waals surface area contributed by atoms with Crippen molar-refractivity contribution in [3.63, 3.8) is 0 Å². The summed E-state index contributed by atoms with van der Waals surface area (Å²) in [5.74, 6) is -1.32. The van der Waals surface area contributed by atoms with Crippen LogP contribution < -0.4 is 5.56 Å². The third-order valence-corrected chi connectivity index (χ3v) is 7.23. The summed E-state index contributed by atoms with van der Waals surface area (Å²) in [6.07, 6.45) is 3.72. The number of amides is 1. The molecule has 2 aromatic carbocycles. The Morgan fingerprint density at radius 3 is 2.37 bits per heavy atom. The smallest absolute Gasteiger partial charge is 0.275 e. The van der Waals surface area contributed by atoms with Crippen molar-refractivity contribution >= 4 is 5.91 Å². The molecule has 1 N–H and O–H groups in total. The van der Waals surface area contributed by atoms with Crippen molar-refractivity contribution in [3.05, 3.63) is 93.2 Å². The summed E-state index contributed by atoms with van der Waals surface area (Å²) in [5, 5.41) is 15.4. The molecule has 2 aromatic heterocycles. The van der Waals surface area contributed by atoms with Gasteiger partial charge in [-0.05, 0) is 54.2 Å². The molecule has 0 spiro atoms. The lowest BCUT2D eigenvalue weighted by Crippen LogP contribution is -2.36. The van der Waals surface area contributed by atoms with Gasteiger partial charge in [-0.15, -0.1) is 0 Å². The molecular formula is C29H30FN5O3. The standard InChI is InChI=1S/C29H30FN5O3/c1-4-18-7-6-8-19(5-2)25(18)35-26(23-14-15-33(3)32-23)31-27(36)24(29(35)38)28(37)34-16-13-21(17-34)20-9-11-22(30)12-10-20/h6-12,14-15,21,36H,4-5,13,16-17H2,1-3H3. The number of para-hydroxylation sites is 1. The van der Waals surface area contributed by atoms with Crippen molar-refractivity contribution in [2.24, 2.45) is 7.05 Å². The predicted molar refractivity (Wildman–Crippen MR) is 142 cm³/mol. The number of nitrogens with zero attached hydrogens (tertiary/aromatic N) is 5. The third-order valence-electron chi connectivity index (χ3n) is 7.23. The Kier molecular flexibility index (Phi) is 6.84. The van der Waals surface area contributed by atoms with E-state index >= 15 is 0 Å². The maximum Gasteiger partial charge on any atom is 0.275 e. The minimum atomic E-state index is -0.635. The van der Waals surface area contributed by atoms with Crippen LogP contribution in [0.4, 0.5) is 4.39 Å². The fourth-order valence-electron chi connectivity index (χ4n) is 5.22. The van der Waals surface area contributed by atoms with Crippen molar-refractivity contribution in [1.82, 2.24) is 24.2 Å². The number of aromatic hydroxyl groups is 1. The van der Waals surface area contributed by atoms with Crippen LogP contribution in [0.25, 0.3) is 17.2 Å². The number of carbonyl (C=O) groups is 1. The molecule has 0 bridgehead atoms. The van der Waals surface area contributed by atoms with Gasteiger partial charge in [0.15, 0.2) is 11.4 Å². The summed E-state index contributed by atoms with van der Waals surface area (Å²) < 4.78 is 16.4. The molecule has 1 aliphatic heterocycles. The highest BCUT2D eigenvalue weighted by molar-refractivity contribution is 5.96. The highest BCUT2D eigenvalue weighted by Crippen LogP contribution is 2.31. The zero-order chi connectivity index (χ0) is 27.0. The van der Waals surface area contributed by atoms with Crippen LogP contribution in [-0.4, -0.2) is 48.3 Å². The first kappa shape index (κ1) is 25.4. The van der Waals surface area contributed by atoms with Gasteiger partial charge in [0.25, 0.3) is 11.5 Å². The van der Waals surface area contributed by atoms with E-state index in [1.54, 1.807) is 41.0 Å². The minimum Gasteiger partial charge on any atom is -0.493 e. The molecule has 1 aliphatic rings. The minimum absolute atomic E-state index is 0.0113. The van der Waals surface area contributed by atoms with Gasteiger partial charge in [-0.2, -0.15) is 10.1 Å². The average molecular weight is 516 g/mol. The normalized spacial score (nSPS) is 15.3. The second-order valence-electron chi connectivity index (χ2n) is 9.57. The van der Waals surface area contributed by atoms with Crippen LogP contribution >= 0.6 is 0 Å². The van der Waals surface area contributed by atoms with Crippen LogP contribution in [0, 0.1) is 5.82 Å². The van der Waals surface area contributed by atoms with Crippen LogP contribution in [-0.2, 0) is 19.9 Å². The van der Waals surface area contributed by atoms with Crippen LogP contribution in [0.3, 0.4) is 0 Å². The molecule has 1 amide bonds. The van der Waals surface area contributed by atoms with Gasteiger partial charge in [0.1, 0.15) is 11.5 Å². The van der Waals surface area contributed by atoms with E-state index in [9.17, 15) is 19.1 Å². The molecule has 1 fully saturated rings. The molecule has 9 heteroatoms. The second-order valence-corrected chi connectivity index (χ2v) is 9.57. The molecule has 38 heavy (non-hydrogen) atoms. The summed E-state index contributed by atoms with van der Waals surface area (Å²) in [6.45, 7) is 4.78. The maximum atomic E-state index is 14.2. The zero-order valence-electron chi connectivity index (χ0n) is 21.7. The summed E-state index contributed by atoms with van der Waals surface area (Å²) in [4.78, 5) is 33.8. The van der Waals surface area contributed by atoms with Gasteiger partial charge < -0.3 is 10.0 Å². The Hall–Kier alpha value is -4.27. The zero-order valence-corrected chi connectivity index (χ0v) is 21.7. The Labute approximate surface area is 220 Å². The van der Waals surface area contributed by atoms with Gasteiger partial charge in [0.2, 0.25) is 5.88 Å². The number of hydrogen-bond acceptors (Lipinski definition) is 5. The van der Waals surface area contributed by atoms with Crippen LogP contribution in [0.2, 0.25) is 0 Å². The van der Waals surface area contributed by atoms with E-state index in [1.165, 1.54) is 16.7 Å². The van der Waals surface area contributed by atoms with E-state index in [2.05, 4.69) is 10.1 Å². The quantitative estimate of drug-likeness (QED) is 0.415. The van der Waals surface area contributed by atoms with Crippen molar-refractivity contribution in [3.8, 4) is 23.1 Å². The predicted octanol–water partition coefficient (Wildman–Crippen LogP) is 4.23. The first-order chi connectivity index (χ1) is 18.3. The van der Waals surface area contributed by atoms with Crippen molar-refractivity contribution in [1.29, 1.82) is 0 Å². The Bertz CT molecular complexity index is 1540. The summed E-state index contributed by atoms with van der Waals surface area (Å²) in [5.41, 5.74) is 2.84. The largest absolute Gasteiger partial charge is 0.493 e. The molecule has 0 radical (unpaired) electrons. The van der Waals surface area contributed by atoms with Crippen molar-refractivity contribution < 1.29 is 14.3 Å². The van der Waals surface area contributed by atoms with E-state index in [1.807, 2.05) is 32.0 Å². The third kappa shape index (κ3) is 4.49. The fourth-order valence-corrected chi connectivity index (χ4v) is 5.22. The Morgan fingerprint density at radius 1 is 1.08 bits per heavy atom. The molecule has 5 rings (SSSR count). The molecule has 4 aromatic rings. The van der Waals surface area contributed by atoms with Gasteiger partial charge in [-0.3, -0.25) is 18.8 Å². The lowest BCUT2D eigenvalue weighted by atomic mass is 9.99. The SMILES string of the molecule is CCc1cccc(CC)c1-n1c(-c2ccn(C)n2)nc(O)c(C(=O)N2CCC(c3ccc(F)cc3)C2)c1=O. The van der Waals surface area contributed by atoms with Gasteiger partial charge in [0, 0.05) is 32.3 Å². The van der Waals surface area contributed by atoms with Gasteiger partial charge in [-0.1, -0.05) is 44.2 Å². The second kappa shape index (κ2) is 10.2. The summed E-state index contributed by atoms with van der Waals surface area (Å²) >= 11 is 0. The Morgan fingerprint density at radius 2 is 1.76 bits per heavy atom. The lowest BCUT2D eigenvalue weighted by molar-refractivity contribution is 0.0784. The number of hydrogen-bond donors (Lipinski definition) is 1. The fraction of sp³-hybridized carbons (Fsp3) is 0.310. The molecule has 1 unspecified atom stereocenters. The van der Waals surface area contributed by atoms with E-state index in [4.69, 9.17) is 0 Å². The van der Waals surface area contributed by atoms with E-state index in [0.29, 0.717) is 43.7 Å². The van der Waals surface area contributed by atoms with Crippen LogP contribution in [0.15, 0.2) is 59.5 Å². The number of aromatic nitrogens is 4. The van der Waals surface area contributed by atoms with Gasteiger partial charge in [0.05, 0.1) is 5.69 Å². The molecule has 1 saturated heterocycles. The van der Waals surface area contributed by atoms with Gasteiger partial charge >= 0.3 is 0 Å². The number of likely N-dealkylation sites (tertiary alicyclic amines) is 1. The lowest BCUT2D eigenvalue weighted by Gasteiger charge is -2.21. The monoisotopic (exact) mass is 515 g/mol. The number of benzene rings is 2. The number of aryl methyl sites for hydroxylation is 3. The molecule has 8 nitrogen and oxygen atoms in total. The van der Waals surface area contributed by atoms with Crippen LogP contribution in [0.5, 0.6) is 5.88 Å². The Balaban J connectivity index is 1.64. The first-order valence-corrected chi connectivity index (χ1v) is 12.8. The first-order valence-electron chi connectivity index (χ1n) is 12.8. The molecule has 0 aliphatic carbocycles. The summed E-state index contributed by atoms with van der Waals surface area (Å²) in [7, 11) is 1.76. The van der Waals surface area contributed by atoms with E-state index < -0.39 is 17.3 Å². The van der Waals surface area contributed by atoms with E-state index in [-0.39, 0.29) is 23.1 Å². The number of carbonyl (C=O) groups excluding carboxylic acids is 1. The summed E-state index contributed by atoms with van der Waals surface area (Å²) in [6, 6.07) is 13.8. The molecule has 196 valence electrons. The highest BCUT2D eigenvalue weighted by atomic mass is 19.1.